The molecule has 1 amide bonds. The van der Waals surface area contributed by atoms with Crippen LogP contribution >= 0.6 is 0 Å². The van der Waals surface area contributed by atoms with Gasteiger partial charge in [-0.3, -0.25) is 0 Å². The summed E-state index contributed by atoms with van der Waals surface area (Å²) in [7, 11) is -1.13. The van der Waals surface area contributed by atoms with E-state index in [1.165, 1.54) is 0 Å². The van der Waals surface area contributed by atoms with Crippen LogP contribution in [0.15, 0.2) is 18.3 Å². The van der Waals surface area contributed by atoms with Crippen LogP contribution < -0.4 is 0 Å². The Morgan fingerprint density at radius 3 is 2.62 bits per heavy atom. The molecule has 1 aromatic heterocycles. The third-order valence-corrected chi connectivity index (χ3v) is 7.58. The molecule has 8 heteroatoms. The predicted molar refractivity (Wildman–Crippen MR) is 130 cm³/mol. The first-order chi connectivity index (χ1) is 14.8. The van der Waals surface area contributed by atoms with Crippen molar-refractivity contribution in [1.29, 1.82) is 0 Å². The first kappa shape index (κ1) is 24.7. The van der Waals surface area contributed by atoms with Gasteiger partial charge in [0.05, 0.1) is 24.4 Å². The van der Waals surface area contributed by atoms with E-state index in [1.54, 1.807) is 4.90 Å². The molecule has 1 saturated heterocycles. The van der Waals surface area contributed by atoms with Gasteiger partial charge in [0, 0.05) is 32.5 Å². The zero-order chi connectivity index (χ0) is 23.7. The minimum absolute atomic E-state index is 0.0331. The molecule has 1 aliphatic rings. The van der Waals surface area contributed by atoms with E-state index in [0.717, 1.165) is 34.7 Å². The zero-order valence-electron chi connectivity index (χ0n) is 20.6. The number of aromatic nitrogens is 2. The number of rotatable bonds is 6. The molecule has 0 radical (unpaired) electrons. The van der Waals surface area contributed by atoms with Gasteiger partial charge >= 0.3 is 6.09 Å². The van der Waals surface area contributed by atoms with Gasteiger partial charge in [-0.05, 0) is 63.4 Å². The van der Waals surface area contributed by atoms with Crippen molar-refractivity contribution in [2.45, 2.75) is 84.2 Å². The van der Waals surface area contributed by atoms with Gasteiger partial charge in [-0.15, -0.1) is 0 Å². The number of aryl methyl sites for hydroxylation is 1. The molecule has 0 aliphatic carbocycles. The molecule has 1 aliphatic heterocycles. The third kappa shape index (κ3) is 6.33. The number of ether oxygens (including phenoxy) is 2. The van der Waals surface area contributed by atoms with Crippen molar-refractivity contribution in [3.05, 3.63) is 29.5 Å². The number of nitrogens with zero attached hydrogens (tertiary/aromatic N) is 3. The summed E-state index contributed by atoms with van der Waals surface area (Å²) in [5.74, 6) is -0.0331. The summed E-state index contributed by atoms with van der Waals surface area (Å²) >= 11 is 0. The van der Waals surface area contributed by atoms with E-state index in [9.17, 15) is 9.90 Å². The normalized spacial score (nSPS) is 20.1. The molecule has 178 valence electrons. The molecule has 0 spiro atoms. The number of hydrogen-bond acceptors (Lipinski definition) is 5. The highest BCUT2D eigenvalue weighted by atomic mass is 28.3. The molecule has 1 fully saturated rings. The van der Waals surface area contributed by atoms with Crippen molar-refractivity contribution < 1.29 is 19.4 Å². The minimum atomic E-state index is -1.13. The summed E-state index contributed by atoms with van der Waals surface area (Å²) < 4.78 is 13.3. The number of piperidine rings is 1. The second kappa shape index (κ2) is 9.53. The summed E-state index contributed by atoms with van der Waals surface area (Å²) in [4.78, 5) is 14.0. The molecule has 2 atom stereocenters. The molecule has 1 N–H and O–H groups in total. The molecule has 7 nitrogen and oxygen atoms in total. The summed E-state index contributed by atoms with van der Waals surface area (Å²) in [5, 5.41) is 16.5. The fourth-order valence-electron chi connectivity index (χ4n) is 4.07. The van der Waals surface area contributed by atoms with Crippen LogP contribution in [0.3, 0.4) is 0 Å². The zero-order valence-corrected chi connectivity index (χ0v) is 21.6. The van der Waals surface area contributed by atoms with Gasteiger partial charge in [0.1, 0.15) is 12.3 Å². The van der Waals surface area contributed by atoms with Gasteiger partial charge in [-0.2, -0.15) is 5.10 Å². The molecule has 1 aromatic carbocycles. The van der Waals surface area contributed by atoms with E-state index in [0.29, 0.717) is 19.7 Å². The molecule has 2 unspecified atom stereocenters. The van der Waals surface area contributed by atoms with E-state index in [1.807, 2.05) is 31.6 Å². The van der Waals surface area contributed by atoms with Crippen molar-refractivity contribution in [2.24, 2.45) is 0 Å². The van der Waals surface area contributed by atoms with E-state index in [4.69, 9.17) is 9.47 Å². The van der Waals surface area contributed by atoms with Gasteiger partial charge in [0.2, 0.25) is 0 Å². The number of amides is 1. The number of aliphatic hydroxyl groups excluding tert-OH is 1. The molecule has 3 rings (SSSR count). The lowest BCUT2D eigenvalue weighted by atomic mass is 9.84. The average molecular weight is 462 g/mol. The second-order valence-corrected chi connectivity index (χ2v) is 16.8. The molecule has 0 bridgehead atoms. The van der Waals surface area contributed by atoms with Crippen molar-refractivity contribution in [3.8, 4) is 0 Å². The third-order valence-electron chi connectivity index (χ3n) is 5.87. The van der Waals surface area contributed by atoms with Crippen LogP contribution in [-0.4, -0.2) is 65.4 Å². The minimum Gasteiger partial charge on any atom is -0.444 e. The Balaban J connectivity index is 1.72. The van der Waals surface area contributed by atoms with Crippen molar-refractivity contribution >= 4 is 25.1 Å². The molecule has 32 heavy (non-hydrogen) atoms. The Labute approximate surface area is 192 Å². The monoisotopic (exact) mass is 461 g/mol. The highest BCUT2D eigenvalue weighted by molar-refractivity contribution is 6.76. The van der Waals surface area contributed by atoms with Crippen LogP contribution in [0.2, 0.25) is 25.7 Å². The maximum absolute atomic E-state index is 12.4. The number of benzene rings is 1. The largest absolute Gasteiger partial charge is 0.444 e. The maximum atomic E-state index is 12.4. The molecule has 2 aromatic rings. The lowest BCUT2D eigenvalue weighted by Crippen LogP contribution is -2.47. The van der Waals surface area contributed by atoms with E-state index in [-0.39, 0.29) is 18.6 Å². The Morgan fingerprint density at radius 2 is 2.00 bits per heavy atom. The SMILES string of the molecule is Cc1cc2cnn(COCC[Si](C)(C)C)c2cc1C1CCN(C(=O)OC(C)(C)C)CC1O. The topological polar surface area (TPSA) is 76.8 Å². The van der Waals surface area contributed by atoms with Gasteiger partial charge in [0.25, 0.3) is 0 Å². The van der Waals surface area contributed by atoms with Crippen LogP contribution in [0.25, 0.3) is 10.9 Å². The number of aliphatic hydroxyl groups is 1. The first-order valence-corrected chi connectivity index (χ1v) is 15.2. The summed E-state index contributed by atoms with van der Waals surface area (Å²) in [6.07, 6.45) is 1.55. The van der Waals surface area contributed by atoms with Crippen LogP contribution in [0.4, 0.5) is 4.79 Å². The lowest BCUT2D eigenvalue weighted by molar-refractivity contribution is -0.00156. The number of hydrogen-bond donors (Lipinski definition) is 1. The first-order valence-electron chi connectivity index (χ1n) is 11.5. The average Bonchev–Trinajstić information content (AvgIpc) is 3.04. The van der Waals surface area contributed by atoms with Crippen LogP contribution in [0.1, 0.15) is 44.2 Å². The Hall–Kier alpha value is -1.90. The summed E-state index contributed by atoms with van der Waals surface area (Å²) in [6.45, 7) is 16.7. The molecular weight excluding hydrogens is 422 g/mol. The van der Waals surface area contributed by atoms with E-state index >= 15 is 0 Å². The van der Waals surface area contributed by atoms with Crippen molar-refractivity contribution in [3.63, 3.8) is 0 Å². The van der Waals surface area contributed by atoms with E-state index < -0.39 is 19.8 Å². The lowest BCUT2D eigenvalue weighted by Gasteiger charge is -2.37. The van der Waals surface area contributed by atoms with Gasteiger partial charge in [-0.1, -0.05) is 19.6 Å². The summed E-state index contributed by atoms with van der Waals surface area (Å²) in [5.41, 5.74) is 2.71. The van der Waals surface area contributed by atoms with Gasteiger partial charge in [-0.25, -0.2) is 9.48 Å². The van der Waals surface area contributed by atoms with Crippen LogP contribution in [0, 0.1) is 6.92 Å². The molecule has 0 saturated carbocycles. The quantitative estimate of drug-likeness (QED) is 0.497. The van der Waals surface area contributed by atoms with Gasteiger partial charge < -0.3 is 19.5 Å². The fourth-order valence-corrected chi connectivity index (χ4v) is 4.83. The number of fused-ring (bicyclic) bond motifs is 1. The maximum Gasteiger partial charge on any atom is 0.410 e. The highest BCUT2D eigenvalue weighted by Gasteiger charge is 2.34. The van der Waals surface area contributed by atoms with Crippen LogP contribution in [-0.2, 0) is 16.2 Å². The highest BCUT2D eigenvalue weighted by Crippen LogP contribution is 2.33. The standard InChI is InChI=1S/C24H39N3O4Si/c1-17-12-18-14-25-27(16-30-10-11-32(5,6)7)21(18)13-20(17)19-8-9-26(15-22(19)28)23(29)31-24(2,3)4/h12-14,19,22,28H,8-11,15-16H2,1-7H3. The van der Waals surface area contributed by atoms with Crippen molar-refractivity contribution in [1.82, 2.24) is 14.7 Å². The Bertz CT molecular complexity index is 945. The van der Waals surface area contributed by atoms with Crippen molar-refractivity contribution in [2.75, 3.05) is 19.7 Å². The van der Waals surface area contributed by atoms with Crippen LogP contribution in [0.5, 0.6) is 0 Å². The Morgan fingerprint density at radius 1 is 1.28 bits per heavy atom. The molecule has 2 heterocycles. The number of carbonyl (C=O) groups is 1. The predicted octanol–water partition coefficient (Wildman–Crippen LogP) is 4.74. The number of likely N-dealkylation sites (tertiary alicyclic amines) is 1. The Kier molecular flexibility index (Phi) is 7.37. The molecular formula is C24H39N3O4Si. The van der Waals surface area contributed by atoms with Gasteiger partial charge in [0.15, 0.2) is 0 Å². The van der Waals surface area contributed by atoms with E-state index in [2.05, 4.69) is 43.8 Å². The second-order valence-electron chi connectivity index (χ2n) is 11.1. The smallest absolute Gasteiger partial charge is 0.410 e. The number of β-amino-alcohol motifs (C(OH)–C–C–N with tert-alkyl or cyclic N) is 1. The number of carbonyl (C=O) groups excluding carboxylic acids is 1. The fraction of sp³-hybridized carbons (Fsp3) is 0.667. The summed E-state index contributed by atoms with van der Waals surface area (Å²) in [6, 6.07) is 5.39.